The predicted octanol–water partition coefficient (Wildman–Crippen LogP) is 4.94. The van der Waals surface area contributed by atoms with Crippen LogP contribution in [0.3, 0.4) is 0 Å². The molecule has 1 N–H and O–H groups in total. The van der Waals surface area contributed by atoms with Crippen LogP contribution in [0, 0.1) is 10.1 Å². The van der Waals surface area contributed by atoms with E-state index in [1.807, 2.05) is 0 Å². The zero-order valence-electron chi connectivity index (χ0n) is 13.5. The Labute approximate surface area is 150 Å². The van der Waals surface area contributed by atoms with Crippen LogP contribution in [0.4, 0.5) is 30.4 Å². The minimum atomic E-state index is -4.48. The van der Waals surface area contributed by atoms with Crippen LogP contribution >= 0.6 is 0 Å². The third kappa shape index (κ3) is 4.29. The van der Waals surface area contributed by atoms with Crippen LogP contribution in [0.5, 0.6) is 11.6 Å². The second-order valence-corrected chi connectivity index (χ2v) is 5.25. The summed E-state index contributed by atoms with van der Waals surface area (Å²) in [5.74, 6) is -0.170. The van der Waals surface area contributed by atoms with Gasteiger partial charge in [0, 0.05) is 5.69 Å². The Hall–Kier alpha value is -3.69. The molecule has 138 valence electrons. The van der Waals surface area contributed by atoms with Gasteiger partial charge in [-0.05, 0) is 36.4 Å². The van der Waals surface area contributed by atoms with Crippen LogP contribution in [0.1, 0.15) is 5.56 Å². The first kappa shape index (κ1) is 18.1. The van der Waals surface area contributed by atoms with Crippen LogP contribution < -0.4 is 10.1 Å². The maximum atomic E-state index is 12.6. The van der Waals surface area contributed by atoms with E-state index in [2.05, 4.69) is 15.3 Å². The lowest BCUT2D eigenvalue weighted by molar-refractivity contribution is -0.385. The van der Waals surface area contributed by atoms with E-state index in [0.717, 1.165) is 30.6 Å². The lowest BCUT2D eigenvalue weighted by Gasteiger charge is -2.10. The fourth-order valence-corrected chi connectivity index (χ4v) is 2.17. The monoisotopic (exact) mass is 376 g/mol. The fraction of sp³-hybridized carbons (Fsp3) is 0.0588. The Bertz CT molecular complexity index is 948. The largest absolute Gasteiger partial charge is 0.434 e. The second-order valence-electron chi connectivity index (χ2n) is 5.25. The summed E-state index contributed by atoms with van der Waals surface area (Å²) in [7, 11) is 0. The van der Waals surface area contributed by atoms with Gasteiger partial charge < -0.3 is 10.1 Å². The van der Waals surface area contributed by atoms with Crippen molar-refractivity contribution in [3.63, 3.8) is 0 Å². The van der Waals surface area contributed by atoms with Gasteiger partial charge in [-0.1, -0.05) is 18.2 Å². The Morgan fingerprint density at radius 3 is 2.26 bits per heavy atom. The highest BCUT2D eigenvalue weighted by Gasteiger charge is 2.30. The average Bonchev–Trinajstić information content (AvgIpc) is 2.62. The Kier molecular flexibility index (Phi) is 4.88. The molecule has 27 heavy (non-hydrogen) atoms. The zero-order chi connectivity index (χ0) is 19.4. The molecule has 0 aliphatic heterocycles. The van der Waals surface area contributed by atoms with E-state index in [-0.39, 0.29) is 17.4 Å². The number of rotatable bonds is 5. The maximum Gasteiger partial charge on any atom is 0.416 e. The molecule has 0 saturated heterocycles. The molecule has 0 atom stereocenters. The molecule has 0 radical (unpaired) electrons. The molecule has 3 aromatic rings. The highest BCUT2D eigenvalue weighted by Crippen LogP contribution is 2.36. The first-order valence-electron chi connectivity index (χ1n) is 7.51. The number of nitro groups is 1. The van der Waals surface area contributed by atoms with Crippen molar-refractivity contribution >= 4 is 17.2 Å². The summed E-state index contributed by atoms with van der Waals surface area (Å²) in [5.41, 5.74) is -1.19. The molecule has 1 aromatic heterocycles. The molecule has 0 amide bonds. The minimum Gasteiger partial charge on any atom is -0.434 e. The van der Waals surface area contributed by atoms with Gasteiger partial charge in [-0.3, -0.25) is 10.1 Å². The molecule has 0 fully saturated rings. The van der Waals surface area contributed by atoms with Gasteiger partial charge in [-0.2, -0.15) is 18.2 Å². The van der Waals surface area contributed by atoms with Gasteiger partial charge in [0.2, 0.25) is 5.82 Å². The summed E-state index contributed by atoms with van der Waals surface area (Å²) < 4.78 is 43.3. The minimum absolute atomic E-state index is 0.190. The third-order valence-corrected chi connectivity index (χ3v) is 3.40. The quantitative estimate of drug-likeness (QED) is 0.501. The molecule has 0 spiro atoms. The summed E-state index contributed by atoms with van der Waals surface area (Å²) in [5, 5.41) is 14.1. The normalized spacial score (nSPS) is 11.1. The number of anilines is 2. The predicted molar refractivity (Wildman–Crippen MR) is 89.9 cm³/mol. The van der Waals surface area contributed by atoms with Crippen LogP contribution in [0.2, 0.25) is 0 Å². The average molecular weight is 376 g/mol. The number of nitrogens with one attached hydrogen (secondary N) is 1. The number of hydrogen-bond acceptors (Lipinski definition) is 6. The number of hydrogen-bond donors (Lipinski definition) is 1. The van der Waals surface area contributed by atoms with Crippen molar-refractivity contribution < 1.29 is 22.8 Å². The molecule has 0 unspecified atom stereocenters. The van der Waals surface area contributed by atoms with Crippen molar-refractivity contribution in [1.82, 2.24) is 9.97 Å². The summed E-state index contributed by atoms with van der Waals surface area (Å²) in [6, 6.07) is 12.3. The van der Waals surface area contributed by atoms with Crippen LogP contribution in [-0.4, -0.2) is 14.9 Å². The highest BCUT2D eigenvalue weighted by molar-refractivity contribution is 5.68. The van der Waals surface area contributed by atoms with Gasteiger partial charge >= 0.3 is 17.7 Å². The number of nitrogens with zero attached hydrogens (tertiary/aromatic N) is 3. The van der Waals surface area contributed by atoms with Crippen LogP contribution in [-0.2, 0) is 6.18 Å². The van der Waals surface area contributed by atoms with Crippen molar-refractivity contribution in [2.45, 2.75) is 6.18 Å². The van der Waals surface area contributed by atoms with Crippen molar-refractivity contribution in [1.29, 1.82) is 0 Å². The SMILES string of the molecule is O=[N+]([O-])c1c(Nc2ccc(C(F)(F)F)cc2)ncnc1Oc1ccccc1. The number of ether oxygens (including phenoxy) is 1. The van der Waals surface area contributed by atoms with E-state index >= 15 is 0 Å². The molecule has 2 aromatic carbocycles. The van der Waals surface area contributed by atoms with E-state index in [1.54, 1.807) is 30.3 Å². The first-order chi connectivity index (χ1) is 12.8. The van der Waals surface area contributed by atoms with Gasteiger partial charge in [0.15, 0.2) is 0 Å². The van der Waals surface area contributed by atoms with Crippen LogP contribution in [0.25, 0.3) is 0 Å². The van der Waals surface area contributed by atoms with Gasteiger partial charge in [0.25, 0.3) is 0 Å². The highest BCUT2D eigenvalue weighted by atomic mass is 19.4. The van der Waals surface area contributed by atoms with Gasteiger partial charge in [0.1, 0.15) is 12.1 Å². The summed E-state index contributed by atoms with van der Waals surface area (Å²) in [4.78, 5) is 18.3. The molecule has 0 saturated carbocycles. The van der Waals surface area contributed by atoms with Crippen molar-refractivity contribution in [2.24, 2.45) is 0 Å². The third-order valence-electron chi connectivity index (χ3n) is 3.40. The lowest BCUT2D eigenvalue weighted by Crippen LogP contribution is -2.05. The smallest absolute Gasteiger partial charge is 0.416 e. The molecule has 0 aliphatic carbocycles. The van der Waals surface area contributed by atoms with E-state index in [0.29, 0.717) is 5.75 Å². The molecule has 3 rings (SSSR count). The Balaban J connectivity index is 1.91. The number of benzene rings is 2. The molecule has 1 heterocycles. The van der Waals surface area contributed by atoms with E-state index < -0.39 is 22.4 Å². The molecule has 0 bridgehead atoms. The van der Waals surface area contributed by atoms with Crippen LogP contribution in [0.15, 0.2) is 60.9 Å². The standard InChI is InChI=1S/C17H11F3N4O3/c18-17(19,20)11-6-8-12(9-7-11)23-15-14(24(25)26)16(22-10-21-15)27-13-4-2-1-3-5-13/h1-10H,(H,21,22,23). The Morgan fingerprint density at radius 2 is 1.67 bits per heavy atom. The van der Waals surface area contributed by atoms with E-state index in [4.69, 9.17) is 4.74 Å². The molecular weight excluding hydrogens is 365 g/mol. The van der Waals surface area contributed by atoms with Crippen molar-refractivity contribution in [3.8, 4) is 11.6 Å². The molecule has 10 heteroatoms. The number of para-hydroxylation sites is 1. The van der Waals surface area contributed by atoms with Gasteiger partial charge in [-0.25, -0.2) is 4.98 Å². The first-order valence-corrected chi connectivity index (χ1v) is 7.51. The lowest BCUT2D eigenvalue weighted by atomic mass is 10.2. The summed E-state index contributed by atoms with van der Waals surface area (Å²) >= 11 is 0. The maximum absolute atomic E-state index is 12.6. The van der Waals surface area contributed by atoms with Gasteiger partial charge in [-0.15, -0.1) is 0 Å². The summed E-state index contributed by atoms with van der Waals surface area (Å²) in [6.45, 7) is 0. The molecule has 7 nitrogen and oxygen atoms in total. The van der Waals surface area contributed by atoms with Crippen molar-refractivity contribution in [3.05, 3.63) is 76.6 Å². The summed E-state index contributed by atoms with van der Waals surface area (Å²) in [6.07, 6.45) is -3.42. The topological polar surface area (TPSA) is 90.2 Å². The number of alkyl halides is 3. The Morgan fingerprint density at radius 1 is 1.00 bits per heavy atom. The van der Waals surface area contributed by atoms with E-state index in [1.165, 1.54) is 0 Å². The number of aromatic nitrogens is 2. The number of halogens is 3. The fourth-order valence-electron chi connectivity index (χ4n) is 2.17. The van der Waals surface area contributed by atoms with Gasteiger partial charge in [0.05, 0.1) is 10.5 Å². The zero-order valence-corrected chi connectivity index (χ0v) is 13.5. The second kappa shape index (κ2) is 7.28. The van der Waals surface area contributed by atoms with Crippen molar-refractivity contribution in [2.75, 3.05) is 5.32 Å². The van der Waals surface area contributed by atoms with E-state index in [9.17, 15) is 23.3 Å². The molecular formula is C17H11F3N4O3. The molecule has 0 aliphatic rings.